The zero-order valence-corrected chi connectivity index (χ0v) is 14.0. The van der Waals surface area contributed by atoms with E-state index in [0.717, 1.165) is 23.3 Å². The van der Waals surface area contributed by atoms with E-state index in [1.54, 1.807) is 6.20 Å². The van der Waals surface area contributed by atoms with Gasteiger partial charge in [0.25, 0.3) is 0 Å². The van der Waals surface area contributed by atoms with Crippen LogP contribution in [0, 0.1) is 0 Å². The molecule has 0 aliphatic carbocycles. The standard InChI is InChI=1S/C15H22BrN5/c1-12(10-20-5-3-2-4-6-20)17-7-13-8-19-15-9-18-14(16)11-21(13)15/h8-9,11-12,17H,2-7,10H2,1H3. The van der Waals surface area contributed by atoms with Crippen molar-refractivity contribution in [2.75, 3.05) is 19.6 Å². The summed E-state index contributed by atoms with van der Waals surface area (Å²) >= 11 is 3.41. The lowest BCUT2D eigenvalue weighted by molar-refractivity contribution is 0.208. The van der Waals surface area contributed by atoms with Crippen molar-refractivity contribution < 1.29 is 0 Å². The summed E-state index contributed by atoms with van der Waals surface area (Å²) in [6.07, 6.45) is 9.76. The number of fused-ring (bicyclic) bond motifs is 1. The zero-order chi connectivity index (χ0) is 14.7. The fourth-order valence-corrected chi connectivity index (χ4v) is 3.23. The topological polar surface area (TPSA) is 45.5 Å². The third kappa shape index (κ3) is 3.81. The monoisotopic (exact) mass is 351 g/mol. The first-order valence-electron chi connectivity index (χ1n) is 7.65. The lowest BCUT2D eigenvalue weighted by Gasteiger charge is -2.29. The average molecular weight is 352 g/mol. The Balaban J connectivity index is 1.56. The summed E-state index contributed by atoms with van der Waals surface area (Å²) in [5, 5.41) is 3.61. The molecule has 2 aromatic rings. The number of rotatable bonds is 5. The molecule has 0 radical (unpaired) electrons. The maximum atomic E-state index is 4.38. The van der Waals surface area contributed by atoms with Crippen molar-refractivity contribution in [2.24, 2.45) is 0 Å². The normalized spacial score (nSPS) is 18.2. The van der Waals surface area contributed by atoms with Crippen LogP contribution in [-0.4, -0.2) is 44.9 Å². The minimum Gasteiger partial charge on any atom is -0.307 e. The van der Waals surface area contributed by atoms with Crippen LogP contribution in [0.25, 0.3) is 5.65 Å². The largest absolute Gasteiger partial charge is 0.307 e. The summed E-state index contributed by atoms with van der Waals surface area (Å²) in [7, 11) is 0. The number of aromatic nitrogens is 3. The summed E-state index contributed by atoms with van der Waals surface area (Å²) in [6.45, 7) is 6.71. The van der Waals surface area contributed by atoms with Crippen LogP contribution in [0.2, 0.25) is 0 Å². The fraction of sp³-hybridized carbons (Fsp3) is 0.600. The van der Waals surface area contributed by atoms with Gasteiger partial charge in [-0.15, -0.1) is 0 Å². The molecule has 1 unspecified atom stereocenters. The van der Waals surface area contributed by atoms with Gasteiger partial charge in [0.2, 0.25) is 0 Å². The van der Waals surface area contributed by atoms with Crippen LogP contribution in [-0.2, 0) is 6.54 Å². The van der Waals surface area contributed by atoms with E-state index in [2.05, 4.69) is 47.4 Å². The first kappa shape index (κ1) is 14.9. The second kappa shape index (κ2) is 6.85. The molecule has 1 aliphatic heterocycles. The number of hydrogen-bond acceptors (Lipinski definition) is 4. The fourth-order valence-electron chi connectivity index (χ4n) is 2.92. The Hall–Kier alpha value is -0.980. The van der Waals surface area contributed by atoms with E-state index in [-0.39, 0.29) is 0 Å². The van der Waals surface area contributed by atoms with Crippen molar-refractivity contribution in [3.05, 3.63) is 28.9 Å². The minimum atomic E-state index is 0.485. The number of imidazole rings is 1. The van der Waals surface area contributed by atoms with Crippen LogP contribution in [0.1, 0.15) is 31.9 Å². The van der Waals surface area contributed by atoms with E-state index in [1.165, 1.54) is 38.0 Å². The molecule has 3 rings (SSSR count). The van der Waals surface area contributed by atoms with Crippen molar-refractivity contribution in [1.82, 2.24) is 24.6 Å². The van der Waals surface area contributed by atoms with Crippen LogP contribution in [0.3, 0.4) is 0 Å². The zero-order valence-electron chi connectivity index (χ0n) is 12.4. The van der Waals surface area contributed by atoms with Crippen molar-refractivity contribution >= 4 is 21.6 Å². The van der Waals surface area contributed by atoms with Gasteiger partial charge in [-0.1, -0.05) is 6.42 Å². The molecular formula is C15H22BrN5. The Morgan fingerprint density at radius 3 is 2.86 bits per heavy atom. The highest BCUT2D eigenvalue weighted by atomic mass is 79.9. The number of nitrogens with one attached hydrogen (secondary N) is 1. The van der Waals surface area contributed by atoms with Gasteiger partial charge in [-0.25, -0.2) is 9.97 Å². The molecule has 1 N–H and O–H groups in total. The second-order valence-corrected chi connectivity index (χ2v) is 6.64. The Morgan fingerprint density at radius 1 is 1.24 bits per heavy atom. The highest BCUT2D eigenvalue weighted by Gasteiger charge is 2.13. The van der Waals surface area contributed by atoms with Gasteiger partial charge in [-0.05, 0) is 48.8 Å². The van der Waals surface area contributed by atoms with Gasteiger partial charge >= 0.3 is 0 Å². The van der Waals surface area contributed by atoms with Crippen molar-refractivity contribution in [3.8, 4) is 0 Å². The van der Waals surface area contributed by atoms with Gasteiger partial charge in [0, 0.05) is 25.3 Å². The summed E-state index contributed by atoms with van der Waals surface area (Å²) in [5.41, 5.74) is 2.05. The number of likely N-dealkylation sites (tertiary alicyclic amines) is 1. The predicted octanol–water partition coefficient (Wildman–Crippen LogP) is 2.46. The van der Waals surface area contributed by atoms with E-state index < -0.39 is 0 Å². The van der Waals surface area contributed by atoms with E-state index in [9.17, 15) is 0 Å². The van der Waals surface area contributed by atoms with E-state index >= 15 is 0 Å². The molecule has 3 heterocycles. The van der Waals surface area contributed by atoms with Crippen molar-refractivity contribution in [3.63, 3.8) is 0 Å². The van der Waals surface area contributed by atoms with Crippen molar-refractivity contribution in [1.29, 1.82) is 0 Å². The SMILES string of the molecule is CC(CN1CCCCC1)NCc1cnc2cnc(Br)cn12. The predicted molar refractivity (Wildman–Crippen MR) is 87.3 cm³/mol. The molecule has 0 aromatic carbocycles. The molecule has 6 heteroatoms. The molecule has 114 valence electrons. The number of halogens is 1. The molecule has 0 spiro atoms. The highest BCUT2D eigenvalue weighted by molar-refractivity contribution is 9.10. The van der Waals surface area contributed by atoms with E-state index in [0.29, 0.717) is 6.04 Å². The van der Waals surface area contributed by atoms with Crippen LogP contribution >= 0.6 is 15.9 Å². The Bertz CT molecular complexity index is 591. The molecule has 1 atom stereocenters. The summed E-state index contributed by atoms with van der Waals surface area (Å²) in [4.78, 5) is 11.1. The Morgan fingerprint density at radius 2 is 2.05 bits per heavy atom. The van der Waals surface area contributed by atoms with Crippen LogP contribution in [0.5, 0.6) is 0 Å². The maximum absolute atomic E-state index is 4.38. The smallest absolute Gasteiger partial charge is 0.155 e. The molecule has 1 saturated heterocycles. The first-order chi connectivity index (χ1) is 10.2. The molecule has 0 bridgehead atoms. The molecule has 2 aromatic heterocycles. The summed E-state index contributed by atoms with van der Waals surface area (Å²) in [5.74, 6) is 0. The highest BCUT2D eigenvalue weighted by Crippen LogP contribution is 2.11. The first-order valence-corrected chi connectivity index (χ1v) is 8.45. The van der Waals surface area contributed by atoms with Crippen LogP contribution < -0.4 is 5.32 Å². The minimum absolute atomic E-state index is 0.485. The van der Waals surface area contributed by atoms with E-state index in [4.69, 9.17) is 0 Å². The van der Waals surface area contributed by atoms with Gasteiger partial charge in [-0.2, -0.15) is 0 Å². The maximum Gasteiger partial charge on any atom is 0.155 e. The van der Waals surface area contributed by atoms with Gasteiger partial charge in [0.1, 0.15) is 4.60 Å². The Labute approximate surface area is 133 Å². The molecule has 21 heavy (non-hydrogen) atoms. The third-order valence-electron chi connectivity index (χ3n) is 4.05. The van der Waals surface area contributed by atoms with Gasteiger partial charge in [0.05, 0.1) is 18.1 Å². The second-order valence-electron chi connectivity index (χ2n) is 5.83. The molecule has 5 nitrogen and oxygen atoms in total. The molecule has 1 fully saturated rings. The molecule has 0 amide bonds. The van der Waals surface area contributed by atoms with Crippen LogP contribution in [0.15, 0.2) is 23.2 Å². The molecule has 1 aliphatic rings. The lowest BCUT2D eigenvalue weighted by atomic mass is 10.1. The van der Waals surface area contributed by atoms with Gasteiger partial charge in [0.15, 0.2) is 5.65 Å². The average Bonchev–Trinajstić information content (AvgIpc) is 2.88. The van der Waals surface area contributed by atoms with Crippen molar-refractivity contribution in [2.45, 2.75) is 38.8 Å². The quantitative estimate of drug-likeness (QED) is 0.898. The van der Waals surface area contributed by atoms with Crippen LogP contribution in [0.4, 0.5) is 0 Å². The summed E-state index contributed by atoms with van der Waals surface area (Å²) < 4.78 is 2.91. The number of hydrogen-bond donors (Lipinski definition) is 1. The summed E-state index contributed by atoms with van der Waals surface area (Å²) in [6, 6.07) is 0.485. The number of piperidine rings is 1. The number of nitrogens with zero attached hydrogens (tertiary/aromatic N) is 4. The molecule has 0 saturated carbocycles. The lowest BCUT2D eigenvalue weighted by Crippen LogP contribution is -2.41. The molecular weight excluding hydrogens is 330 g/mol. The third-order valence-corrected chi connectivity index (χ3v) is 4.46. The van der Waals surface area contributed by atoms with E-state index in [1.807, 2.05) is 12.4 Å². The Kier molecular flexibility index (Phi) is 4.87. The van der Waals surface area contributed by atoms with Gasteiger partial charge in [-0.3, -0.25) is 4.40 Å². The van der Waals surface area contributed by atoms with Gasteiger partial charge < -0.3 is 10.2 Å².